The number of hydrogen-bond acceptors (Lipinski definition) is 6. The number of nitrogens with one attached hydrogen (secondary N) is 1. The van der Waals surface area contributed by atoms with Crippen molar-refractivity contribution in [2.24, 2.45) is 0 Å². The van der Waals surface area contributed by atoms with Crippen molar-refractivity contribution in [3.8, 4) is 0 Å². The van der Waals surface area contributed by atoms with E-state index >= 15 is 0 Å². The van der Waals surface area contributed by atoms with E-state index in [0.29, 0.717) is 26.2 Å². The summed E-state index contributed by atoms with van der Waals surface area (Å²) in [5, 5.41) is 2.19. The Morgan fingerprint density at radius 2 is 1.68 bits per heavy atom. The topological polar surface area (TPSA) is 107 Å². The van der Waals surface area contributed by atoms with Gasteiger partial charge in [0.15, 0.2) is 0 Å². The lowest BCUT2D eigenvalue weighted by Crippen LogP contribution is -2.54. The van der Waals surface area contributed by atoms with E-state index in [4.69, 9.17) is 0 Å². The number of imide groups is 2. The monoisotopic (exact) mass is 384 g/mol. The van der Waals surface area contributed by atoms with Crippen molar-refractivity contribution in [2.75, 3.05) is 31.1 Å². The standard InChI is InChI=1S/C19H20N4O5/c1-11(24)21-6-8-22(9-7-21)12-2-3-13-14(10-12)19(28)23(18(13)27)15-4-5-16(25)20-17(15)26/h2-3,10,15H,4-9H2,1H3,(H,20,25,26). The molecule has 1 aromatic rings. The van der Waals surface area contributed by atoms with Crippen molar-refractivity contribution >= 4 is 35.2 Å². The average molecular weight is 384 g/mol. The Kier molecular flexibility index (Phi) is 4.37. The predicted molar refractivity (Wildman–Crippen MR) is 97.6 cm³/mol. The molecule has 1 aromatic carbocycles. The lowest BCUT2D eigenvalue weighted by Gasteiger charge is -2.35. The first-order valence-corrected chi connectivity index (χ1v) is 9.23. The van der Waals surface area contributed by atoms with Gasteiger partial charge in [-0.05, 0) is 24.6 Å². The SMILES string of the molecule is CC(=O)N1CCN(c2ccc3c(c2)C(=O)N(C2CCC(=O)NC2=O)C3=O)CC1. The highest BCUT2D eigenvalue weighted by atomic mass is 16.2. The van der Waals surface area contributed by atoms with Crippen molar-refractivity contribution in [1.29, 1.82) is 0 Å². The minimum absolute atomic E-state index is 0.0364. The zero-order valence-electron chi connectivity index (χ0n) is 15.4. The molecule has 3 heterocycles. The Morgan fingerprint density at radius 3 is 2.32 bits per heavy atom. The Balaban J connectivity index is 1.55. The van der Waals surface area contributed by atoms with Crippen LogP contribution in [0.3, 0.4) is 0 Å². The molecule has 5 amide bonds. The molecule has 0 radical (unpaired) electrons. The van der Waals surface area contributed by atoms with Crippen LogP contribution in [0, 0.1) is 0 Å². The number of piperidine rings is 1. The second-order valence-corrected chi connectivity index (χ2v) is 7.17. The highest BCUT2D eigenvalue weighted by molar-refractivity contribution is 6.23. The van der Waals surface area contributed by atoms with Crippen LogP contribution >= 0.6 is 0 Å². The van der Waals surface area contributed by atoms with E-state index in [-0.39, 0.29) is 29.9 Å². The molecule has 4 rings (SSSR count). The number of fused-ring (bicyclic) bond motifs is 1. The summed E-state index contributed by atoms with van der Waals surface area (Å²) in [6, 6.07) is 4.09. The van der Waals surface area contributed by atoms with Crippen molar-refractivity contribution in [2.45, 2.75) is 25.8 Å². The normalized spacial score (nSPS) is 22.5. The third kappa shape index (κ3) is 2.92. The van der Waals surface area contributed by atoms with Gasteiger partial charge in [-0.1, -0.05) is 0 Å². The molecule has 2 fully saturated rings. The van der Waals surface area contributed by atoms with Gasteiger partial charge in [0.25, 0.3) is 11.8 Å². The van der Waals surface area contributed by atoms with E-state index in [9.17, 15) is 24.0 Å². The van der Waals surface area contributed by atoms with Gasteiger partial charge in [0, 0.05) is 45.2 Å². The van der Waals surface area contributed by atoms with E-state index < -0.39 is 29.7 Å². The number of carbonyl (C=O) groups excluding carboxylic acids is 5. The highest BCUT2D eigenvalue weighted by Gasteiger charge is 2.44. The van der Waals surface area contributed by atoms with Gasteiger partial charge >= 0.3 is 0 Å². The Morgan fingerprint density at radius 1 is 1.00 bits per heavy atom. The van der Waals surface area contributed by atoms with Crippen LogP contribution in [-0.2, 0) is 14.4 Å². The molecule has 9 heteroatoms. The quantitative estimate of drug-likeness (QED) is 0.705. The molecule has 1 atom stereocenters. The molecule has 0 saturated carbocycles. The van der Waals surface area contributed by atoms with Gasteiger partial charge in [-0.25, -0.2) is 0 Å². The number of benzene rings is 1. The average Bonchev–Trinajstić information content (AvgIpc) is 2.92. The molecule has 1 N–H and O–H groups in total. The number of anilines is 1. The second-order valence-electron chi connectivity index (χ2n) is 7.17. The predicted octanol–water partition coefficient (Wildman–Crippen LogP) is -0.244. The first-order chi connectivity index (χ1) is 13.4. The van der Waals surface area contributed by atoms with Crippen molar-refractivity contribution in [3.05, 3.63) is 29.3 Å². The van der Waals surface area contributed by atoms with Crippen LogP contribution in [0.15, 0.2) is 18.2 Å². The minimum atomic E-state index is -0.965. The molecular formula is C19H20N4O5. The van der Waals surface area contributed by atoms with Crippen LogP contribution in [0.25, 0.3) is 0 Å². The zero-order chi connectivity index (χ0) is 20.0. The Hall–Kier alpha value is -3.23. The molecule has 9 nitrogen and oxygen atoms in total. The fourth-order valence-corrected chi connectivity index (χ4v) is 3.94. The number of amides is 5. The van der Waals surface area contributed by atoms with Crippen LogP contribution < -0.4 is 10.2 Å². The van der Waals surface area contributed by atoms with Crippen molar-refractivity contribution < 1.29 is 24.0 Å². The van der Waals surface area contributed by atoms with Crippen LogP contribution in [-0.4, -0.2) is 71.6 Å². The van der Waals surface area contributed by atoms with Gasteiger partial charge in [-0.15, -0.1) is 0 Å². The minimum Gasteiger partial charge on any atom is -0.368 e. The number of rotatable bonds is 2. The van der Waals surface area contributed by atoms with Crippen LogP contribution in [0.4, 0.5) is 5.69 Å². The smallest absolute Gasteiger partial charge is 0.262 e. The lowest BCUT2D eigenvalue weighted by atomic mass is 10.0. The molecule has 0 aliphatic carbocycles. The molecular weight excluding hydrogens is 364 g/mol. The zero-order valence-corrected chi connectivity index (χ0v) is 15.4. The Bertz CT molecular complexity index is 904. The molecule has 0 spiro atoms. The molecule has 28 heavy (non-hydrogen) atoms. The van der Waals surface area contributed by atoms with Gasteiger partial charge < -0.3 is 9.80 Å². The number of carbonyl (C=O) groups is 5. The number of piperazine rings is 1. The van der Waals surface area contributed by atoms with Gasteiger partial charge in [0.2, 0.25) is 17.7 Å². The maximum Gasteiger partial charge on any atom is 0.262 e. The maximum absolute atomic E-state index is 12.9. The summed E-state index contributed by atoms with van der Waals surface area (Å²) >= 11 is 0. The summed E-state index contributed by atoms with van der Waals surface area (Å²) in [5.74, 6) is -2.01. The van der Waals surface area contributed by atoms with E-state index in [1.54, 1.807) is 30.0 Å². The summed E-state index contributed by atoms with van der Waals surface area (Å²) in [7, 11) is 0. The molecule has 3 aliphatic rings. The van der Waals surface area contributed by atoms with Crippen LogP contribution in [0.2, 0.25) is 0 Å². The van der Waals surface area contributed by atoms with Crippen LogP contribution in [0.5, 0.6) is 0 Å². The third-order valence-electron chi connectivity index (χ3n) is 5.51. The maximum atomic E-state index is 12.9. The molecule has 2 saturated heterocycles. The van der Waals surface area contributed by atoms with E-state index in [2.05, 4.69) is 10.2 Å². The van der Waals surface area contributed by atoms with E-state index in [1.165, 1.54) is 0 Å². The lowest BCUT2D eigenvalue weighted by molar-refractivity contribution is -0.136. The Labute approximate surface area is 161 Å². The van der Waals surface area contributed by atoms with E-state index in [1.807, 2.05) is 0 Å². The van der Waals surface area contributed by atoms with Crippen LogP contribution in [0.1, 0.15) is 40.5 Å². The number of nitrogens with zero attached hydrogens (tertiary/aromatic N) is 3. The summed E-state index contributed by atoms with van der Waals surface area (Å²) in [6.45, 7) is 4.01. The van der Waals surface area contributed by atoms with Crippen molar-refractivity contribution in [1.82, 2.24) is 15.1 Å². The van der Waals surface area contributed by atoms with Gasteiger partial charge in [0.05, 0.1) is 11.1 Å². The third-order valence-corrected chi connectivity index (χ3v) is 5.51. The van der Waals surface area contributed by atoms with Gasteiger partial charge in [0.1, 0.15) is 6.04 Å². The first-order valence-electron chi connectivity index (χ1n) is 9.23. The van der Waals surface area contributed by atoms with Crippen molar-refractivity contribution in [3.63, 3.8) is 0 Å². The highest BCUT2D eigenvalue weighted by Crippen LogP contribution is 2.31. The summed E-state index contributed by atoms with van der Waals surface area (Å²) in [4.78, 5) is 65.3. The summed E-state index contributed by atoms with van der Waals surface area (Å²) < 4.78 is 0. The van der Waals surface area contributed by atoms with Gasteiger partial charge in [-0.3, -0.25) is 34.2 Å². The molecule has 0 bridgehead atoms. The molecule has 1 unspecified atom stereocenters. The summed E-state index contributed by atoms with van der Waals surface area (Å²) in [5.41, 5.74) is 1.33. The van der Waals surface area contributed by atoms with E-state index in [0.717, 1.165) is 10.6 Å². The molecule has 3 aliphatic heterocycles. The largest absolute Gasteiger partial charge is 0.368 e. The summed E-state index contributed by atoms with van der Waals surface area (Å²) in [6.07, 6.45) is 0.228. The first kappa shape index (κ1) is 18.1. The fourth-order valence-electron chi connectivity index (χ4n) is 3.94. The van der Waals surface area contributed by atoms with Gasteiger partial charge in [-0.2, -0.15) is 0 Å². The molecule has 0 aromatic heterocycles. The second kappa shape index (κ2) is 6.74. The molecule has 146 valence electrons. The fraction of sp³-hybridized carbons (Fsp3) is 0.421. The number of hydrogen-bond donors (Lipinski definition) is 1.